The minimum Gasteiger partial charge on any atom is -0.388 e. The van der Waals surface area contributed by atoms with E-state index in [0.29, 0.717) is 0 Å². The first-order valence-corrected chi connectivity index (χ1v) is 5.37. The van der Waals surface area contributed by atoms with Crippen molar-refractivity contribution in [3.8, 4) is 0 Å². The lowest BCUT2D eigenvalue weighted by Gasteiger charge is -2.34. The van der Waals surface area contributed by atoms with Crippen LogP contribution >= 0.6 is 0 Å². The van der Waals surface area contributed by atoms with Gasteiger partial charge in [0, 0.05) is 7.11 Å². The normalized spacial score (nSPS) is 25.8. The number of ether oxygens (including phenoxy) is 1. The molecule has 2 heteroatoms. The van der Waals surface area contributed by atoms with Gasteiger partial charge in [-0.3, -0.25) is 0 Å². The van der Waals surface area contributed by atoms with Crippen LogP contribution in [0.5, 0.6) is 0 Å². The Morgan fingerprint density at radius 1 is 1.50 bits per heavy atom. The average molecular weight is 198 g/mol. The smallest absolute Gasteiger partial charge is 0.0823 e. The molecule has 1 aliphatic carbocycles. The first kappa shape index (κ1) is 11.7. The molecule has 0 heterocycles. The van der Waals surface area contributed by atoms with E-state index >= 15 is 0 Å². The quantitative estimate of drug-likeness (QED) is 0.691. The molecule has 0 saturated heterocycles. The molecule has 0 aliphatic heterocycles. The highest BCUT2D eigenvalue weighted by Gasteiger charge is 2.31. The van der Waals surface area contributed by atoms with Crippen LogP contribution in [0.25, 0.3) is 0 Å². The minimum atomic E-state index is -0.382. The van der Waals surface area contributed by atoms with Crippen LogP contribution < -0.4 is 0 Å². The monoisotopic (exact) mass is 198 g/mol. The molecule has 0 radical (unpaired) electrons. The molecule has 2 nitrogen and oxygen atoms in total. The third-order valence-electron chi connectivity index (χ3n) is 2.84. The van der Waals surface area contributed by atoms with Crippen LogP contribution in [-0.2, 0) is 4.74 Å². The standard InChI is InChI=1S/C12H22O2/c1-12(2,3)11(13)9-7-5-6-8-10(9)14-4/h7,10-11,13H,5-6,8H2,1-4H3/t10-,11-/m1/s1. The third-order valence-corrected chi connectivity index (χ3v) is 2.84. The number of aliphatic hydroxyl groups excluding tert-OH is 1. The zero-order chi connectivity index (χ0) is 10.8. The molecule has 0 aromatic heterocycles. The molecule has 1 rings (SSSR count). The molecule has 0 aromatic carbocycles. The fourth-order valence-electron chi connectivity index (χ4n) is 1.91. The zero-order valence-electron chi connectivity index (χ0n) is 9.71. The number of hydrogen-bond donors (Lipinski definition) is 1. The Kier molecular flexibility index (Phi) is 3.73. The summed E-state index contributed by atoms with van der Waals surface area (Å²) in [4.78, 5) is 0. The Bertz CT molecular complexity index is 213. The van der Waals surface area contributed by atoms with E-state index in [-0.39, 0.29) is 17.6 Å². The van der Waals surface area contributed by atoms with Crippen molar-refractivity contribution in [3.63, 3.8) is 0 Å². The van der Waals surface area contributed by atoms with Crippen molar-refractivity contribution < 1.29 is 9.84 Å². The van der Waals surface area contributed by atoms with Crippen molar-refractivity contribution in [1.29, 1.82) is 0 Å². The zero-order valence-corrected chi connectivity index (χ0v) is 9.71. The van der Waals surface area contributed by atoms with Gasteiger partial charge in [-0.25, -0.2) is 0 Å². The van der Waals surface area contributed by atoms with E-state index in [1.807, 2.05) is 0 Å². The molecule has 1 aliphatic rings. The van der Waals surface area contributed by atoms with E-state index in [4.69, 9.17) is 4.74 Å². The predicted molar refractivity (Wildman–Crippen MR) is 58.2 cm³/mol. The van der Waals surface area contributed by atoms with E-state index < -0.39 is 0 Å². The van der Waals surface area contributed by atoms with Crippen molar-refractivity contribution in [3.05, 3.63) is 11.6 Å². The summed E-state index contributed by atoms with van der Waals surface area (Å²) in [6, 6.07) is 0. The molecule has 0 unspecified atom stereocenters. The Balaban J connectivity index is 2.78. The molecule has 2 atom stereocenters. The third kappa shape index (κ3) is 2.58. The SMILES string of the molecule is CO[C@@H]1CCCC=C1[C@@H](O)C(C)(C)C. The second kappa shape index (κ2) is 4.45. The van der Waals surface area contributed by atoms with Gasteiger partial charge < -0.3 is 9.84 Å². The topological polar surface area (TPSA) is 29.5 Å². The summed E-state index contributed by atoms with van der Waals surface area (Å²) in [5, 5.41) is 10.2. The molecule has 82 valence electrons. The maximum Gasteiger partial charge on any atom is 0.0823 e. The van der Waals surface area contributed by atoms with Crippen LogP contribution in [-0.4, -0.2) is 24.4 Å². The first-order valence-electron chi connectivity index (χ1n) is 5.37. The fraction of sp³-hybridized carbons (Fsp3) is 0.833. The molecule has 1 N–H and O–H groups in total. The van der Waals surface area contributed by atoms with Crippen LogP contribution in [0.2, 0.25) is 0 Å². The van der Waals surface area contributed by atoms with E-state index in [9.17, 15) is 5.11 Å². The summed E-state index contributed by atoms with van der Waals surface area (Å²) >= 11 is 0. The van der Waals surface area contributed by atoms with Crippen molar-refractivity contribution in [1.82, 2.24) is 0 Å². The van der Waals surface area contributed by atoms with E-state index in [1.165, 1.54) is 6.42 Å². The van der Waals surface area contributed by atoms with Crippen LogP contribution in [0.1, 0.15) is 40.0 Å². The molecule has 0 amide bonds. The highest BCUT2D eigenvalue weighted by atomic mass is 16.5. The van der Waals surface area contributed by atoms with E-state index in [2.05, 4.69) is 26.8 Å². The Labute approximate surface area is 87.0 Å². The van der Waals surface area contributed by atoms with Gasteiger partial charge in [0.05, 0.1) is 12.2 Å². The van der Waals surface area contributed by atoms with Gasteiger partial charge in [0.2, 0.25) is 0 Å². The first-order chi connectivity index (χ1) is 6.46. The maximum absolute atomic E-state index is 10.2. The van der Waals surface area contributed by atoms with Gasteiger partial charge in [-0.1, -0.05) is 26.8 Å². The van der Waals surface area contributed by atoms with Crippen LogP contribution in [0.3, 0.4) is 0 Å². The maximum atomic E-state index is 10.2. The molecule has 0 saturated carbocycles. The van der Waals surface area contributed by atoms with Gasteiger partial charge in [0.1, 0.15) is 0 Å². The molecule has 0 aromatic rings. The van der Waals surface area contributed by atoms with Crippen LogP contribution in [0.15, 0.2) is 11.6 Å². The van der Waals surface area contributed by atoms with E-state index in [0.717, 1.165) is 18.4 Å². The van der Waals surface area contributed by atoms with Gasteiger partial charge in [0.25, 0.3) is 0 Å². The summed E-state index contributed by atoms with van der Waals surface area (Å²) in [6.07, 6.45) is 5.16. The van der Waals surface area contributed by atoms with Crippen LogP contribution in [0, 0.1) is 5.41 Å². The lowest BCUT2D eigenvalue weighted by molar-refractivity contribution is 0.0429. The summed E-state index contributed by atoms with van der Waals surface area (Å²) in [6.45, 7) is 6.17. The lowest BCUT2D eigenvalue weighted by atomic mass is 9.79. The second-order valence-electron chi connectivity index (χ2n) is 5.13. The predicted octanol–water partition coefficient (Wildman–Crippen LogP) is 2.52. The Hall–Kier alpha value is -0.340. The number of methoxy groups -OCH3 is 1. The van der Waals surface area contributed by atoms with Crippen LogP contribution in [0.4, 0.5) is 0 Å². The minimum absolute atomic E-state index is 0.0973. The number of allylic oxidation sites excluding steroid dienone is 1. The van der Waals surface area contributed by atoms with Gasteiger partial charge >= 0.3 is 0 Å². The van der Waals surface area contributed by atoms with Gasteiger partial charge in [-0.15, -0.1) is 0 Å². The fourth-order valence-corrected chi connectivity index (χ4v) is 1.91. The lowest BCUT2D eigenvalue weighted by Crippen LogP contribution is -2.35. The molecule has 0 fully saturated rings. The van der Waals surface area contributed by atoms with Gasteiger partial charge in [-0.05, 0) is 30.3 Å². The molecule has 0 spiro atoms. The van der Waals surface area contributed by atoms with Crippen molar-refractivity contribution >= 4 is 0 Å². The average Bonchev–Trinajstić information content (AvgIpc) is 2.15. The van der Waals surface area contributed by atoms with Crippen molar-refractivity contribution in [2.24, 2.45) is 5.41 Å². The van der Waals surface area contributed by atoms with Gasteiger partial charge in [0.15, 0.2) is 0 Å². The number of aliphatic hydroxyl groups is 1. The summed E-state index contributed by atoms with van der Waals surface area (Å²) < 4.78 is 5.39. The number of hydrogen-bond acceptors (Lipinski definition) is 2. The van der Waals surface area contributed by atoms with E-state index in [1.54, 1.807) is 7.11 Å². The highest BCUT2D eigenvalue weighted by Crippen LogP contribution is 2.32. The Morgan fingerprint density at radius 3 is 2.64 bits per heavy atom. The molecule has 14 heavy (non-hydrogen) atoms. The highest BCUT2D eigenvalue weighted by molar-refractivity contribution is 5.18. The largest absolute Gasteiger partial charge is 0.388 e. The Morgan fingerprint density at radius 2 is 2.14 bits per heavy atom. The summed E-state index contributed by atoms with van der Waals surface area (Å²) in [5.41, 5.74) is 0.978. The summed E-state index contributed by atoms with van der Waals surface area (Å²) in [7, 11) is 1.72. The van der Waals surface area contributed by atoms with Crippen molar-refractivity contribution in [2.75, 3.05) is 7.11 Å². The van der Waals surface area contributed by atoms with Crippen molar-refractivity contribution in [2.45, 2.75) is 52.2 Å². The molecular weight excluding hydrogens is 176 g/mol. The second-order valence-corrected chi connectivity index (χ2v) is 5.13. The summed E-state index contributed by atoms with van der Waals surface area (Å²) in [5.74, 6) is 0. The number of rotatable bonds is 2. The molecular formula is C12H22O2. The molecule has 0 bridgehead atoms. The van der Waals surface area contributed by atoms with Gasteiger partial charge in [-0.2, -0.15) is 0 Å².